The van der Waals surface area contributed by atoms with Crippen molar-refractivity contribution in [3.63, 3.8) is 0 Å². The zero-order chi connectivity index (χ0) is 12.7. The lowest BCUT2D eigenvalue weighted by atomic mass is 10.0. The Hall–Kier alpha value is -1.52. The van der Waals surface area contributed by atoms with Gasteiger partial charge in [0.2, 0.25) is 0 Å². The third kappa shape index (κ3) is 1.87. The van der Waals surface area contributed by atoms with Gasteiger partial charge in [-0.3, -0.25) is 0 Å². The first-order valence-electron chi connectivity index (χ1n) is 5.54. The Morgan fingerprint density at radius 1 is 1.22 bits per heavy atom. The molecule has 0 saturated heterocycles. The van der Waals surface area contributed by atoms with Gasteiger partial charge in [-0.25, -0.2) is 4.79 Å². The highest BCUT2D eigenvalue weighted by Crippen LogP contribution is 2.33. The van der Waals surface area contributed by atoms with Crippen molar-refractivity contribution in [2.45, 2.75) is 12.3 Å². The van der Waals surface area contributed by atoms with Gasteiger partial charge in [0.05, 0.1) is 16.4 Å². The Morgan fingerprint density at radius 2 is 2.00 bits per heavy atom. The minimum Gasteiger partial charge on any atom is -0.306 e. The number of aromatic nitrogens is 2. The number of nitrogens with one attached hydrogen (secondary N) is 2. The number of thiophene rings is 1. The topological polar surface area (TPSA) is 48.6 Å². The second-order valence-electron chi connectivity index (χ2n) is 4.26. The van der Waals surface area contributed by atoms with Gasteiger partial charge in [-0.05, 0) is 46.5 Å². The quantitative estimate of drug-likeness (QED) is 0.692. The molecule has 0 aliphatic carbocycles. The molecule has 0 aliphatic rings. The van der Waals surface area contributed by atoms with Crippen LogP contribution in [0.3, 0.4) is 0 Å². The van der Waals surface area contributed by atoms with Crippen molar-refractivity contribution in [1.29, 1.82) is 0 Å². The fraction of sp³-hybridized carbons (Fsp3) is 0.154. The SMILES string of the molecule is Cc1cscc1C(Cl)c1ccc2[nH]c(=O)[nH]c2c1. The Balaban J connectivity index is 2.09. The molecule has 1 aromatic carbocycles. The van der Waals surface area contributed by atoms with Crippen LogP contribution in [0.5, 0.6) is 0 Å². The summed E-state index contributed by atoms with van der Waals surface area (Å²) in [5.74, 6) is 0. The van der Waals surface area contributed by atoms with Crippen molar-refractivity contribution in [2.75, 3.05) is 0 Å². The first kappa shape index (κ1) is 11.6. The number of rotatable bonds is 2. The summed E-state index contributed by atoms with van der Waals surface area (Å²) >= 11 is 8.14. The molecule has 0 amide bonds. The molecule has 0 fully saturated rings. The van der Waals surface area contributed by atoms with E-state index in [-0.39, 0.29) is 11.1 Å². The van der Waals surface area contributed by atoms with Gasteiger partial charge in [-0.15, -0.1) is 11.6 Å². The van der Waals surface area contributed by atoms with Crippen LogP contribution >= 0.6 is 22.9 Å². The molecule has 18 heavy (non-hydrogen) atoms. The molecular weight excluding hydrogens is 268 g/mol. The van der Waals surface area contributed by atoms with Crippen LogP contribution in [0.2, 0.25) is 0 Å². The van der Waals surface area contributed by atoms with Crippen LogP contribution in [-0.4, -0.2) is 9.97 Å². The second kappa shape index (κ2) is 4.30. The van der Waals surface area contributed by atoms with E-state index >= 15 is 0 Å². The Bertz CT molecular complexity index is 756. The molecule has 2 heterocycles. The number of aromatic amines is 2. The Kier molecular flexibility index (Phi) is 2.76. The molecule has 5 heteroatoms. The molecule has 0 radical (unpaired) electrons. The lowest BCUT2D eigenvalue weighted by Crippen LogP contribution is -1.99. The van der Waals surface area contributed by atoms with E-state index in [1.165, 1.54) is 5.56 Å². The monoisotopic (exact) mass is 278 g/mol. The maximum Gasteiger partial charge on any atom is 0.323 e. The third-order valence-corrected chi connectivity index (χ3v) is 4.37. The van der Waals surface area contributed by atoms with Gasteiger partial charge in [0.1, 0.15) is 0 Å². The second-order valence-corrected chi connectivity index (χ2v) is 5.44. The van der Waals surface area contributed by atoms with Crippen molar-refractivity contribution in [3.05, 3.63) is 56.1 Å². The van der Waals surface area contributed by atoms with Gasteiger partial charge in [0.25, 0.3) is 0 Å². The highest BCUT2D eigenvalue weighted by Gasteiger charge is 2.14. The van der Waals surface area contributed by atoms with E-state index in [9.17, 15) is 4.79 Å². The van der Waals surface area contributed by atoms with Gasteiger partial charge in [0, 0.05) is 0 Å². The molecule has 3 aromatic rings. The Labute approximate surface area is 112 Å². The van der Waals surface area contributed by atoms with Crippen LogP contribution in [0.4, 0.5) is 0 Å². The molecule has 3 rings (SSSR count). The average molecular weight is 279 g/mol. The maximum atomic E-state index is 11.2. The summed E-state index contributed by atoms with van der Waals surface area (Å²) in [5.41, 5.74) is 4.70. The molecule has 0 aliphatic heterocycles. The van der Waals surface area contributed by atoms with Crippen LogP contribution in [0.15, 0.2) is 33.8 Å². The number of aryl methyl sites for hydroxylation is 1. The van der Waals surface area contributed by atoms with Gasteiger partial charge in [0.15, 0.2) is 0 Å². The molecule has 2 N–H and O–H groups in total. The van der Waals surface area contributed by atoms with Crippen LogP contribution in [-0.2, 0) is 0 Å². The predicted octanol–water partition coefficient (Wildman–Crippen LogP) is 3.55. The van der Waals surface area contributed by atoms with Crippen molar-refractivity contribution in [2.24, 2.45) is 0 Å². The van der Waals surface area contributed by atoms with Crippen LogP contribution in [0, 0.1) is 6.92 Å². The molecule has 0 saturated carbocycles. The first-order valence-corrected chi connectivity index (χ1v) is 6.92. The highest BCUT2D eigenvalue weighted by molar-refractivity contribution is 7.08. The van der Waals surface area contributed by atoms with Gasteiger partial charge >= 0.3 is 5.69 Å². The first-order chi connectivity index (χ1) is 8.65. The number of H-pyrrole nitrogens is 2. The Morgan fingerprint density at radius 3 is 2.72 bits per heavy atom. The van der Waals surface area contributed by atoms with E-state index in [1.807, 2.05) is 18.2 Å². The summed E-state index contributed by atoms with van der Waals surface area (Å²) in [5, 5.41) is 3.97. The van der Waals surface area contributed by atoms with E-state index in [4.69, 9.17) is 11.6 Å². The minimum absolute atomic E-state index is 0.181. The summed E-state index contributed by atoms with van der Waals surface area (Å²) in [6.07, 6.45) is 0. The van der Waals surface area contributed by atoms with E-state index in [1.54, 1.807) is 11.3 Å². The van der Waals surface area contributed by atoms with Crippen LogP contribution in [0.1, 0.15) is 22.1 Å². The van der Waals surface area contributed by atoms with E-state index in [0.717, 1.165) is 22.2 Å². The molecule has 0 bridgehead atoms. The maximum absolute atomic E-state index is 11.2. The molecule has 3 nitrogen and oxygen atoms in total. The average Bonchev–Trinajstić information content (AvgIpc) is 2.91. The number of alkyl halides is 1. The number of halogens is 1. The molecule has 1 unspecified atom stereocenters. The van der Waals surface area contributed by atoms with Crippen molar-refractivity contribution < 1.29 is 0 Å². The molecular formula is C13H11ClN2OS. The highest BCUT2D eigenvalue weighted by atomic mass is 35.5. The lowest BCUT2D eigenvalue weighted by Gasteiger charge is -2.09. The summed E-state index contributed by atoms with van der Waals surface area (Å²) in [6.45, 7) is 2.05. The molecule has 0 spiro atoms. The smallest absolute Gasteiger partial charge is 0.306 e. The number of benzene rings is 1. The molecule has 92 valence electrons. The molecule has 2 aromatic heterocycles. The van der Waals surface area contributed by atoms with E-state index in [0.29, 0.717) is 0 Å². The molecule has 1 atom stereocenters. The van der Waals surface area contributed by atoms with Crippen molar-refractivity contribution in [1.82, 2.24) is 9.97 Å². The predicted molar refractivity (Wildman–Crippen MR) is 75.7 cm³/mol. The zero-order valence-electron chi connectivity index (χ0n) is 9.66. The normalized spacial score (nSPS) is 13.0. The number of imidazole rings is 1. The van der Waals surface area contributed by atoms with E-state index < -0.39 is 0 Å². The number of fused-ring (bicyclic) bond motifs is 1. The zero-order valence-corrected chi connectivity index (χ0v) is 11.2. The summed E-state index contributed by atoms with van der Waals surface area (Å²) in [7, 11) is 0. The van der Waals surface area contributed by atoms with Crippen LogP contribution in [0.25, 0.3) is 11.0 Å². The van der Waals surface area contributed by atoms with Gasteiger partial charge < -0.3 is 9.97 Å². The lowest BCUT2D eigenvalue weighted by molar-refractivity contribution is 1.13. The minimum atomic E-state index is -0.194. The third-order valence-electron chi connectivity index (χ3n) is 3.00. The van der Waals surface area contributed by atoms with Crippen molar-refractivity contribution >= 4 is 34.0 Å². The van der Waals surface area contributed by atoms with Gasteiger partial charge in [-0.2, -0.15) is 11.3 Å². The van der Waals surface area contributed by atoms with Crippen molar-refractivity contribution in [3.8, 4) is 0 Å². The summed E-state index contributed by atoms with van der Waals surface area (Å²) in [4.78, 5) is 16.7. The fourth-order valence-electron chi connectivity index (χ4n) is 2.02. The fourth-order valence-corrected chi connectivity index (χ4v) is 3.34. The standard InChI is InChI=1S/C13H11ClN2OS/c1-7-5-18-6-9(7)12(14)8-2-3-10-11(4-8)16-13(17)15-10/h2-6,12H,1H3,(H2,15,16,17). The largest absolute Gasteiger partial charge is 0.323 e. The van der Waals surface area contributed by atoms with Crippen LogP contribution < -0.4 is 5.69 Å². The number of hydrogen-bond acceptors (Lipinski definition) is 2. The summed E-state index contributed by atoms with van der Waals surface area (Å²) < 4.78 is 0. The van der Waals surface area contributed by atoms with E-state index in [2.05, 4.69) is 27.7 Å². The number of hydrogen-bond donors (Lipinski definition) is 2. The summed E-state index contributed by atoms with van der Waals surface area (Å²) in [6, 6.07) is 5.74. The van der Waals surface area contributed by atoms with Gasteiger partial charge in [-0.1, -0.05) is 6.07 Å².